The predicted octanol–water partition coefficient (Wildman–Crippen LogP) is 3.45. The van der Waals surface area contributed by atoms with Gasteiger partial charge in [0, 0.05) is 11.1 Å². The van der Waals surface area contributed by atoms with Crippen molar-refractivity contribution in [3.8, 4) is 0 Å². The molecule has 0 spiro atoms. The summed E-state index contributed by atoms with van der Waals surface area (Å²) in [6, 6.07) is 25.2. The molecule has 6 rings (SSSR count). The standard InChI is InChI=1S/C32H27N5O7/c38-17-32(19-43-31(41)24-14-8-3-9-15-24)18-42-16-25(44-32)36-21-35-26-27(36)33-20-34-28(26)37(29(39)22-10-4-1-5-11-22)30(40)23-12-6-2-7-13-23/h1-15,20-21,25,38H,16-19H2/t25-,32+/m1/s1. The number of hydrogen-bond acceptors (Lipinski definition) is 10. The number of fused-ring (bicyclic) bond motifs is 1. The molecular weight excluding hydrogens is 566 g/mol. The van der Waals surface area contributed by atoms with Crippen LogP contribution in [0, 0.1) is 0 Å². The first kappa shape index (κ1) is 28.8. The fraction of sp³-hybridized carbons (Fsp3) is 0.188. The molecule has 222 valence electrons. The number of amides is 2. The predicted molar refractivity (Wildman–Crippen MR) is 157 cm³/mol. The van der Waals surface area contributed by atoms with Gasteiger partial charge in [-0.25, -0.2) is 24.6 Å². The lowest BCUT2D eigenvalue weighted by Crippen LogP contribution is -2.52. The van der Waals surface area contributed by atoms with Gasteiger partial charge in [0.15, 0.2) is 28.8 Å². The van der Waals surface area contributed by atoms with Crippen molar-refractivity contribution in [1.29, 1.82) is 0 Å². The number of esters is 1. The summed E-state index contributed by atoms with van der Waals surface area (Å²) < 4.78 is 19.1. The van der Waals surface area contributed by atoms with Crippen LogP contribution >= 0.6 is 0 Å². The van der Waals surface area contributed by atoms with Crippen molar-refractivity contribution in [3.05, 3.63) is 120 Å². The van der Waals surface area contributed by atoms with E-state index < -0.39 is 36.2 Å². The van der Waals surface area contributed by atoms with Gasteiger partial charge < -0.3 is 19.3 Å². The summed E-state index contributed by atoms with van der Waals surface area (Å²) >= 11 is 0. The molecule has 0 bridgehead atoms. The topological polar surface area (TPSA) is 146 Å². The third kappa shape index (κ3) is 5.69. The second-order valence-electron chi connectivity index (χ2n) is 10.1. The number of aliphatic hydroxyl groups excluding tert-OH is 1. The molecule has 1 saturated heterocycles. The van der Waals surface area contributed by atoms with E-state index >= 15 is 0 Å². The van der Waals surface area contributed by atoms with Crippen molar-refractivity contribution in [2.24, 2.45) is 0 Å². The van der Waals surface area contributed by atoms with E-state index in [1.807, 2.05) is 0 Å². The van der Waals surface area contributed by atoms with Crippen molar-refractivity contribution in [2.45, 2.75) is 11.8 Å². The first-order valence-electron chi connectivity index (χ1n) is 13.7. The molecule has 1 N–H and O–H groups in total. The first-order chi connectivity index (χ1) is 21.5. The molecule has 2 atom stereocenters. The number of anilines is 1. The van der Waals surface area contributed by atoms with Gasteiger partial charge in [-0.2, -0.15) is 0 Å². The van der Waals surface area contributed by atoms with E-state index in [0.717, 1.165) is 4.90 Å². The minimum atomic E-state index is -1.36. The van der Waals surface area contributed by atoms with Gasteiger partial charge in [-0.15, -0.1) is 0 Å². The summed E-state index contributed by atoms with van der Waals surface area (Å²) in [6.45, 7) is -0.733. The van der Waals surface area contributed by atoms with Crippen molar-refractivity contribution in [2.75, 3.05) is 31.3 Å². The SMILES string of the molecule is O=C(OC[C@]1(CO)COC[C@H](n2cnc3c(N(C(=O)c4ccccc4)C(=O)c4ccccc4)ncnc32)O1)c1ccccc1. The number of imide groups is 1. The number of ether oxygens (including phenoxy) is 3. The van der Waals surface area contributed by atoms with Crippen LogP contribution in [0.15, 0.2) is 104 Å². The normalized spacial score (nSPS) is 18.1. The number of aromatic nitrogens is 4. The Kier molecular flexibility index (Phi) is 8.19. The Morgan fingerprint density at radius 3 is 2.05 bits per heavy atom. The molecule has 3 heterocycles. The highest BCUT2D eigenvalue weighted by Crippen LogP contribution is 2.31. The average molecular weight is 594 g/mol. The maximum atomic E-state index is 13.8. The van der Waals surface area contributed by atoms with Crippen LogP contribution in [0.3, 0.4) is 0 Å². The molecule has 1 aliphatic rings. The van der Waals surface area contributed by atoms with Crippen LogP contribution in [0.1, 0.15) is 37.3 Å². The number of carbonyl (C=O) groups excluding carboxylic acids is 3. The zero-order valence-corrected chi connectivity index (χ0v) is 23.4. The van der Waals surface area contributed by atoms with E-state index in [2.05, 4.69) is 15.0 Å². The molecule has 0 aliphatic carbocycles. The molecule has 12 nitrogen and oxygen atoms in total. The quantitative estimate of drug-likeness (QED) is 0.210. The Hall–Kier alpha value is -5.30. The van der Waals surface area contributed by atoms with E-state index in [9.17, 15) is 19.5 Å². The maximum absolute atomic E-state index is 13.8. The van der Waals surface area contributed by atoms with E-state index in [0.29, 0.717) is 5.56 Å². The summed E-state index contributed by atoms with van der Waals surface area (Å²) in [5, 5.41) is 10.3. The number of carbonyl (C=O) groups is 3. The molecule has 0 radical (unpaired) electrons. The summed E-state index contributed by atoms with van der Waals surface area (Å²) in [5.41, 5.74) is -0.0168. The third-order valence-corrected chi connectivity index (χ3v) is 7.08. The van der Waals surface area contributed by atoms with E-state index in [1.54, 1.807) is 95.6 Å². The van der Waals surface area contributed by atoms with E-state index in [-0.39, 0.29) is 47.9 Å². The Morgan fingerprint density at radius 1 is 0.864 bits per heavy atom. The Bertz CT molecular complexity index is 1730. The Labute approximate surface area is 251 Å². The minimum absolute atomic E-state index is 0.0154. The van der Waals surface area contributed by atoms with E-state index in [4.69, 9.17) is 14.2 Å². The number of hydrogen-bond donors (Lipinski definition) is 1. The number of nitrogens with zero attached hydrogens (tertiary/aromatic N) is 5. The van der Waals surface area contributed by atoms with Gasteiger partial charge in [-0.1, -0.05) is 54.6 Å². The molecule has 5 aromatic rings. The number of rotatable bonds is 8. The smallest absolute Gasteiger partial charge is 0.338 e. The highest BCUT2D eigenvalue weighted by molar-refractivity contribution is 6.27. The summed E-state index contributed by atoms with van der Waals surface area (Å²) in [6.07, 6.45) is 1.81. The molecule has 1 fully saturated rings. The molecular formula is C32H27N5O7. The van der Waals surface area contributed by atoms with Crippen molar-refractivity contribution < 1.29 is 33.7 Å². The van der Waals surface area contributed by atoms with Crippen LogP contribution in [0.25, 0.3) is 11.2 Å². The summed E-state index contributed by atoms with van der Waals surface area (Å²) in [7, 11) is 0. The average Bonchev–Trinajstić information content (AvgIpc) is 3.53. The first-order valence-corrected chi connectivity index (χ1v) is 13.7. The molecule has 0 unspecified atom stereocenters. The lowest BCUT2D eigenvalue weighted by Gasteiger charge is -2.39. The monoisotopic (exact) mass is 593 g/mol. The molecule has 3 aromatic carbocycles. The van der Waals surface area contributed by atoms with E-state index in [1.165, 1.54) is 12.7 Å². The summed E-state index contributed by atoms with van der Waals surface area (Å²) in [5.74, 6) is -1.77. The van der Waals surface area contributed by atoms with Crippen LogP contribution in [0.5, 0.6) is 0 Å². The fourth-order valence-electron chi connectivity index (χ4n) is 4.82. The second-order valence-corrected chi connectivity index (χ2v) is 10.1. The Balaban J connectivity index is 1.32. The molecule has 2 amide bonds. The van der Waals surface area contributed by atoms with Gasteiger partial charge in [0.25, 0.3) is 11.8 Å². The fourth-order valence-corrected chi connectivity index (χ4v) is 4.82. The van der Waals surface area contributed by atoms with Crippen LogP contribution in [0.2, 0.25) is 0 Å². The van der Waals surface area contributed by atoms with Gasteiger partial charge in [-0.3, -0.25) is 14.2 Å². The van der Waals surface area contributed by atoms with Crippen LogP contribution in [0.4, 0.5) is 5.82 Å². The number of benzene rings is 3. The molecule has 1 aliphatic heterocycles. The van der Waals surface area contributed by atoms with Crippen LogP contribution < -0.4 is 4.90 Å². The maximum Gasteiger partial charge on any atom is 0.338 e. The van der Waals surface area contributed by atoms with Crippen molar-refractivity contribution in [1.82, 2.24) is 19.5 Å². The highest BCUT2D eigenvalue weighted by Gasteiger charge is 2.41. The summed E-state index contributed by atoms with van der Waals surface area (Å²) in [4.78, 5) is 54.2. The largest absolute Gasteiger partial charge is 0.459 e. The van der Waals surface area contributed by atoms with Crippen LogP contribution in [-0.2, 0) is 14.2 Å². The zero-order chi connectivity index (χ0) is 30.5. The van der Waals surface area contributed by atoms with Gasteiger partial charge in [0.1, 0.15) is 12.9 Å². The molecule has 2 aromatic heterocycles. The lowest BCUT2D eigenvalue weighted by molar-refractivity contribution is -0.247. The van der Waals surface area contributed by atoms with Crippen LogP contribution in [-0.4, -0.2) is 74.4 Å². The highest BCUT2D eigenvalue weighted by atomic mass is 16.6. The molecule has 12 heteroatoms. The van der Waals surface area contributed by atoms with Gasteiger partial charge >= 0.3 is 5.97 Å². The van der Waals surface area contributed by atoms with Gasteiger partial charge in [-0.05, 0) is 36.4 Å². The van der Waals surface area contributed by atoms with Gasteiger partial charge in [0.05, 0.1) is 31.7 Å². The zero-order valence-electron chi connectivity index (χ0n) is 23.4. The van der Waals surface area contributed by atoms with Crippen molar-refractivity contribution in [3.63, 3.8) is 0 Å². The Morgan fingerprint density at radius 2 is 1.45 bits per heavy atom. The lowest BCUT2D eigenvalue weighted by atomic mass is 10.1. The molecule has 0 saturated carbocycles. The third-order valence-electron chi connectivity index (χ3n) is 7.08. The number of aliphatic hydroxyl groups is 1. The number of imidazole rings is 1. The van der Waals surface area contributed by atoms with Crippen molar-refractivity contribution >= 4 is 34.8 Å². The minimum Gasteiger partial charge on any atom is -0.459 e. The molecule has 44 heavy (non-hydrogen) atoms. The van der Waals surface area contributed by atoms with Gasteiger partial charge in [0.2, 0.25) is 0 Å². The second kappa shape index (κ2) is 12.5.